The van der Waals surface area contributed by atoms with Gasteiger partial charge in [0.15, 0.2) is 0 Å². The Morgan fingerprint density at radius 1 is 0.923 bits per heavy atom. The van der Waals surface area contributed by atoms with E-state index in [1.54, 1.807) is 54.9 Å². The smallest absolute Gasteiger partial charge is 0.248 e. The van der Waals surface area contributed by atoms with Crippen molar-refractivity contribution in [3.8, 4) is 11.1 Å². The molecule has 5 aromatic rings. The van der Waals surface area contributed by atoms with Crippen LogP contribution >= 0.6 is 0 Å². The molecule has 196 valence electrons. The molecule has 0 aliphatic carbocycles. The average Bonchev–Trinajstić information content (AvgIpc) is 3.29. The minimum absolute atomic E-state index is 0.0302. The molecule has 2 amide bonds. The van der Waals surface area contributed by atoms with Crippen LogP contribution in [0.2, 0.25) is 0 Å². The predicted molar refractivity (Wildman–Crippen MR) is 141 cm³/mol. The number of H-pyrrole nitrogens is 1. The summed E-state index contributed by atoms with van der Waals surface area (Å²) in [4.78, 5) is 32.6. The first kappa shape index (κ1) is 25.7. The quantitative estimate of drug-likeness (QED) is 0.252. The van der Waals surface area contributed by atoms with Gasteiger partial charge in [-0.1, -0.05) is 18.2 Å². The van der Waals surface area contributed by atoms with Crippen molar-refractivity contribution in [1.29, 1.82) is 0 Å². The fourth-order valence-electron chi connectivity index (χ4n) is 4.68. The molecule has 0 bridgehead atoms. The maximum Gasteiger partial charge on any atom is 0.248 e. The zero-order chi connectivity index (χ0) is 27.5. The Bertz CT molecular complexity index is 1680. The number of hydrogen-bond donors (Lipinski definition) is 3. The van der Waals surface area contributed by atoms with Crippen LogP contribution in [-0.4, -0.2) is 21.8 Å². The Morgan fingerprint density at radius 2 is 1.72 bits per heavy atom. The van der Waals surface area contributed by atoms with Gasteiger partial charge in [0.05, 0.1) is 18.2 Å². The summed E-state index contributed by atoms with van der Waals surface area (Å²) in [5.74, 6) is -2.91. The van der Waals surface area contributed by atoms with Gasteiger partial charge in [0.2, 0.25) is 11.8 Å². The van der Waals surface area contributed by atoms with Crippen LogP contribution in [0.1, 0.15) is 33.2 Å². The second kappa shape index (κ2) is 10.8. The Labute approximate surface area is 221 Å². The van der Waals surface area contributed by atoms with E-state index in [-0.39, 0.29) is 12.8 Å². The fourth-order valence-corrected chi connectivity index (χ4v) is 4.68. The number of aromatic nitrogens is 2. The van der Waals surface area contributed by atoms with E-state index in [2.05, 4.69) is 15.3 Å². The second-order valence-electron chi connectivity index (χ2n) is 9.16. The van der Waals surface area contributed by atoms with Gasteiger partial charge in [-0.3, -0.25) is 14.6 Å². The van der Waals surface area contributed by atoms with Crippen molar-refractivity contribution in [2.24, 2.45) is 5.73 Å². The molecular formula is C30H23F3N4O2. The lowest BCUT2D eigenvalue weighted by atomic mass is 9.94. The SMILES string of the molecule is NC(=O)c1cccc(-c2cccnc2C(Cc2cc(F)cc(F)c2)NC(=O)Cc2c[nH]c3ccc(F)cc23)c1. The summed E-state index contributed by atoms with van der Waals surface area (Å²) in [5, 5.41) is 3.52. The van der Waals surface area contributed by atoms with Crippen LogP contribution in [0.5, 0.6) is 0 Å². The summed E-state index contributed by atoms with van der Waals surface area (Å²) in [6.45, 7) is 0. The number of aromatic amines is 1. The molecule has 0 spiro atoms. The van der Waals surface area contributed by atoms with Crippen molar-refractivity contribution in [1.82, 2.24) is 15.3 Å². The summed E-state index contributed by atoms with van der Waals surface area (Å²) >= 11 is 0. The molecule has 6 nitrogen and oxygen atoms in total. The Morgan fingerprint density at radius 3 is 2.49 bits per heavy atom. The van der Waals surface area contributed by atoms with Crippen molar-refractivity contribution < 1.29 is 22.8 Å². The molecule has 39 heavy (non-hydrogen) atoms. The number of nitrogens with one attached hydrogen (secondary N) is 2. The van der Waals surface area contributed by atoms with Crippen LogP contribution in [-0.2, 0) is 17.6 Å². The summed E-state index contributed by atoms with van der Waals surface area (Å²) in [6.07, 6.45) is 3.14. The molecule has 3 aromatic carbocycles. The molecule has 0 radical (unpaired) electrons. The molecule has 0 aliphatic rings. The third kappa shape index (κ3) is 5.82. The molecule has 5 rings (SSSR count). The van der Waals surface area contributed by atoms with E-state index in [9.17, 15) is 22.8 Å². The molecule has 2 heterocycles. The zero-order valence-electron chi connectivity index (χ0n) is 20.5. The van der Waals surface area contributed by atoms with E-state index < -0.39 is 35.3 Å². The molecule has 9 heteroatoms. The van der Waals surface area contributed by atoms with Crippen LogP contribution in [0.15, 0.2) is 85.2 Å². The van der Waals surface area contributed by atoms with Gasteiger partial charge in [-0.25, -0.2) is 13.2 Å². The number of nitrogens with two attached hydrogens (primary N) is 1. The molecule has 1 unspecified atom stereocenters. The molecule has 0 aliphatic heterocycles. The predicted octanol–water partition coefficient (Wildman–Crippen LogP) is 5.39. The standard InChI is InChI=1S/C30H23F3N4O2/c31-21-6-7-26-25(15-21)20(16-36-26)13-28(38)37-27(11-17-9-22(32)14-23(33)10-17)29-24(5-2-8-35-29)18-3-1-4-19(12-18)30(34)39/h1-10,12,14-16,27,36H,11,13H2,(H2,34,39)(H,37,38). The van der Waals surface area contributed by atoms with E-state index in [0.29, 0.717) is 44.4 Å². The second-order valence-corrected chi connectivity index (χ2v) is 9.16. The van der Waals surface area contributed by atoms with Crippen molar-refractivity contribution in [3.05, 3.63) is 125 Å². The average molecular weight is 529 g/mol. The van der Waals surface area contributed by atoms with Gasteiger partial charge in [-0.15, -0.1) is 0 Å². The number of carbonyl (C=O) groups excluding carboxylic acids is 2. The Hall–Kier alpha value is -4.92. The number of amides is 2. The summed E-state index contributed by atoms with van der Waals surface area (Å²) in [7, 11) is 0. The van der Waals surface area contributed by atoms with Gasteiger partial charge in [-0.2, -0.15) is 0 Å². The number of halogens is 3. The van der Waals surface area contributed by atoms with Gasteiger partial charge >= 0.3 is 0 Å². The van der Waals surface area contributed by atoms with Crippen LogP contribution < -0.4 is 11.1 Å². The maximum atomic E-state index is 14.0. The highest BCUT2D eigenvalue weighted by Gasteiger charge is 2.22. The number of pyridine rings is 1. The van der Waals surface area contributed by atoms with Gasteiger partial charge in [0, 0.05) is 40.5 Å². The minimum atomic E-state index is -0.797. The third-order valence-corrected chi connectivity index (χ3v) is 6.40. The molecule has 0 fully saturated rings. The van der Waals surface area contributed by atoms with E-state index >= 15 is 0 Å². The maximum absolute atomic E-state index is 14.0. The lowest BCUT2D eigenvalue weighted by Gasteiger charge is -2.22. The zero-order valence-corrected chi connectivity index (χ0v) is 20.5. The first-order valence-electron chi connectivity index (χ1n) is 12.1. The van der Waals surface area contributed by atoms with Gasteiger partial charge in [0.1, 0.15) is 17.5 Å². The summed E-state index contributed by atoms with van der Waals surface area (Å²) in [6, 6.07) is 16.8. The number of hydrogen-bond acceptors (Lipinski definition) is 3. The van der Waals surface area contributed by atoms with Crippen molar-refractivity contribution >= 4 is 22.7 Å². The topological polar surface area (TPSA) is 101 Å². The van der Waals surface area contributed by atoms with E-state index in [4.69, 9.17) is 5.73 Å². The molecule has 4 N–H and O–H groups in total. The van der Waals surface area contributed by atoms with Gasteiger partial charge in [-0.05, 0) is 71.6 Å². The van der Waals surface area contributed by atoms with Gasteiger partial charge in [0.25, 0.3) is 0 Å². The first-order valence-corrected chi connectivity index (χ1v) is 12.1. The molecule has 1 atom stereocenters. The number of primary amides is 1. The number of nitrogens with zero attached hydrogens (tertiary/aromatic N) is 1. The fraction of sp³-hybridized carbons (Fsp3) is 0.100. The molecule has 0 saturated heterocycles. The number of rotatable bonds is 8. The molecular weight excluding hydrogens is 505 g/mol. The number of carbonyl (C=O) groups is 2. The van der Waals surface area contributed by atoms with Crippen molar-refractivity contribution in [2.75, 3.05) is 0 Å². The van der Waals surface area contributed by atoms with Crippen LogP contribution in [0.4, 0.5) is 13.2 Å². The summed E-state index contributed by atoms with van der Waals surface area (Å²) in [5.41, 5.74) is 9.02. The number of fused-ring (bicyclic) bond motifs is 1. The van der Waals surface area contributed by atoms with Crippen LogP contribution in [0.3, 0.4) is 0 Å². The van der Waals surface area contributed by atoms with E-state index in [1.807, 2.05) is 0 Å². The van der Waals surface area contributed by atoms with E-state index in [0.717, 1.165) is 6.07 Å². The normalized spacial score (nSPS) is 11.9. The summed E-state index contributed by atoms with van der Waals surface area (Å²) < 4.78 is 41.9. The number of benzene rings is 3. The molecule has 0 saturated carbocycles. The molecule has 2 aromatic heterocycles. The van der Waals surface area contributed by atoms with Crippen molar-refractivity contribution in [2.45, 2.75) is 18.9 Å². The third-order valence-electron chi connectivity index (χ3n) is 6.40. The van der Waals surface area contributed by atoms with Crippen LogP contribution in [0, 0.1) is 17.5 Å². The largest absolute Gasteiger partial charge is 0.366 e. The lowest BCUT2D eigenvalue weighted by molar-refractivity contribution is -0.121. The highest BCUT2D eigenvalue weighted by molar-refractivity contribution is 5.94. The minimum Gasteiger partial charge on any atom is -0.366 e. The van der Waals surface area contributed by atoms with Crippen molar-refractivity contribution in [3.63, 3.8) is 0 Å². The Balaban J connectivity index is 1.52. The lowest BCUT2D eigenvalue weighted by Crippen LogP contribution is -2.32. The van der Waals surface area contributed by atoms with E-state index in [1.165, 1.54) is 24.3 Å². The first-order chi connectivity index (χ1) is 18.8. The highest BCUT2D eigenvalue weighted by atomic mass is 19.1. The van der Waals surface area contributed by atoms with Crippen LogP contribution in [0.25, 0.3) is 22.0 Å². The Kier molecular flexibility index (Phi) is 7.14. The monoisotopic (exact) mass is 528 g/mol. The highest BCUT2D eigenvalue weighted by Crippen LogP contribution is 2.30. The van der Waals surface area contributed by atoms with Gasteiger partial charge < -0.3 is 16.0 Å².